The number of fused-ring (bicyclic) bond motifs is 1. The minimum atomic E-state index is -6.00. The molecule has 3 aromatic carbocycles. The maximum absolute atomic E-state index is 11.0. The summed E-state index contributed by atoms with van der Waals surface area (Å²) in [6, 6.07) is 23.8. The van der Waals surface area contributed by atoms with E-state index in [9.17, 15) is 22.1 Å². The molecule has 1 heterocycles. The first-order chi connectivity index (χ1) is 15.1. The molecule has 4 aromatic rings. The van der Waals surface area contributed by atoms with Gasteiger partial charge in [-0.05, 0) is 30.3 Å². The standard InChI is InChI=1S/C22H14ClNO3.BF4/c23-16-8-11-20-18(12-16)19(13-21(27-20)14-4-2-1-3-5-14)24-17-9-6-15(7-10-17)22(25)26;2-1(3,4)5/h1-13H,(H,25,26);/q;-1/p+1. The molecule has 0 fully saturated rings. The van der Waals surface area contributed by atoms with Crippen LogP contribution in [0, 0.1) is 0 Å². The van der Waals surface area contributed by atoms with Crippen molar-refractivity contribution in [3.8, 4) is 11.3 Å². The number of carbonyl (C=O) groups is 1. The molecule has 2 N–H and O–H groups in total. The number of aromatic carboxylic acids is 1. The Bertz CT molecular complexity index is 1300. The molecule has 0 unspecified atom stereocenters. The van der Waals surface area contributed by atoms with Crippen molar-refractivity contribution in [1.29, 1.82) is 0 Å². The number of carboxylic acids is 1. The van der Waals surface area contributed by atoms with Crippen molar-refractivity contribution in [3.05, 3.63) is 94.8 Å². The molecular formula is C22H15BClF4NO3. The lowest BCUT2D eigenvalue weighted by Crippen LogP contribution is -2.70. The fourth-order valence-electron chi connectivity index (χ4n) is 2.86. The predicted octanol–water partition coefficient (Wildman–Crippen LogP) is 5.06. The van der Waals surface area contributed by atoms with E-state index in [1.54, 1.807) is 30.3 Å². The Morgan fingerprint density at radius 1 is 0.906 bits per heavy atom. The molecule has 0 aliphatic heterocycles. The van der Waals surface area contributed by atoms with Crippen LogP contribution in [0.25, 0.3) is 22.3 Å². The molecule has 0 amide bonds. The van der Waals surface area contributed by atoms with Gasteiger partial charge < -0.3 is 26.8 Å². The van der Waals surface area contributed by atoms with Gasteiger partial charge in [0, 0.05) is 22.7 Å². The molecule has 32 heavy (non-hydrogen) atoms. The van der Waals surface area contributed by atoms with Crippen molar-refractivity contribution in [2.75, 3.05) is 0 Å². The van der Waals surface area contributed by atoms with Gasteiger partial charge in [-0.1, -0.05) is 41.9 Å². The van der Waals surface area contributed by atoms with Gasteiger partial charge in [0.05, 0.1) is 17.0 Å². The summed E-state index contributed by atoms with van der Waals surface area (Å²) in [6.45, 7) is 0. The fourth-order valence-corrected chi connectivity index (χ4v) is 3.03. The van der Waals surface area contributed by atoms with Crippen LogP contribution in [0.1, 0.15) is 10.4 Å². The molecule has 0 saturated carbocycles. The van der Waals surface area contributed by atoms with Crippen LogP contribution >= 0.6 is 11.6 Å². The zero-order valence-corrected chi connectivity index (χ0v) is 17.0. The Kier molecular flexibility index (Phi) is 7.00. The highest BCUT2D eigenvalue weighted by molar-refractivity contribution is 6.50. The van der Waals surface area contributed by atoms with Crippen LogP contribution in [-0.4, -0.2) is 18.3 Å². The molecule has 10 heteroatoms. The van der Waals surface area contributed by atoms with E-state index in [0.29, 0.717) is 10.6 Å². The topological polar surface area (TPSA) is 64.4 Å². The third-order valence-electron chi connectivity index (χ3n) is 4.20. The number of hydrogen-bond acceptors (Lipinski definition) is 2. The smallest absolute Gasteiger partial charge is 0.478 e. The molecule has 1 aromatic heterocycles. The second kappa shape index (κ2) is 9.70. The Labute approximate surface area is 184 Å². The van der Waals surface area contributed by atoms with E-state index < -0.39 is 13.2 Å². The van der Waals surface area contributed by atoms with E-state index in [0.717, 1.165) is 27.8 Å². The van der Waals surface area contributed by atoms with E-state index in [2.05, 4.69) is 4.99 Å². The molecular weight excluding hydrogens is 449 g/mol. The first-order valence-corrected chi connectivity index (χ1v) is 9.57. The van der Waals surface area contributed by atoms with Crippen molar-refractivity contribution < 1.29 is 36.6 Å². The van der Waals surface area contributed by atoms with Gasteiger partial charge in [0.25, 0.3) is 0 Å². The average Bonchev–Trinajstić information content (AvgIpc) is 2.74. The van der Waals surface area contributed by atoms with Crippen molar-refractivity contribution in [2.24, 2.45) is 0 Å². The van der Waals surface area contributed by atoms with Gasteiger partial charge in [-0.25, -0.2) is 9.79 Å². The Morgan fingerprint density at radius 2 is 1.53 bits per heavy atom. The number of nitrogens with one attached hydrogen (secondary N) is 1. The summed E-state index contributed by atoms with van der Waals surface area (Å²) in [6.07, 6.45) is 0. The van der Waals surface area contributed by atoms with Crippen LogP contribution in [0.3, 0.4) is 0 Å². The molecule has 4 nitrogen and oxygen atoms in total. The summed E-state index contributed by atoms with van der Waals surface area (Å²) < 4.78 is 45.1. The van der Waals surface area contributed by atoms with Crippen molar-refractivity contribution >= 4 is 41.5 Å². The average molecular weight is 464 g/mol. The monoisotopic (exact) mass is 463 g/mol. The quantitative estimate of drug-likeness (QED) is 0.330. The number of carboxylic acid groups (broad SMARTS) is 1. The highest BCUT2D eigenvalue weighted by Gasteiger charge is 2.20. The largest absolute Gasteiger partial charge is 0.673 e. The molecule has 0 aliphatic carbocycles. The zero-order chi connectivity index (χ0) is 23.3. The van der Waals surface area contributed by atoms with Gasteiger partial charge in [-0.2, -0.15) is 0 Å². The van der Waals surface area contributed by atoms with Crippen LogP contribution in [0.4, 0.5) is 23.0 Å². The van der Waals surface area contributed by atoms with Crippen LogP contribution in [-0.2, 0) is 0 Å². The van der Waals surface area contributed by atoms with Gasteiger partial charge >= 0.3 is 13.2 Å². The molecule has 0 radical (unpaired) electrons. The van der Waals surface area contributed by atoms with E-state index in [1.807, 2.05) is 48.5 Å². The molecule has 0 aliphatic rings. The minimum Gasteiger partial charge on any atom is -0.478 e. The van der Waals surface area contributed by atoms with Gasteiger partial charge in [0.2, 0.25) is 11.0 Å². The Hall–Kier alpha value is -3.59. The lowest BCUT2D eigenvalue weighted by molar-refractivity contribution is -0.400. The first kappa shape index (κ1) is 23.1. The first-order valence-electron chi connectivity index (χ1n) is 9.20. The minimum absolute atomic E-state index is 0.237. The molecule has 0 bridgehead atoms. The second-order valence-corrected chi connectivity index (χ2v) is 6.97. The lowest BCUT2D eigenvalue weighted by atomic mass is 10.1. The molecule has 0 spiro atoms. The summed E-state index contributed by atoms with van der Waals surface area (Å²) in [7, 11) is -6.00. The second-order valence-electron chi connectivity index (χ2n) is 6.53. The highest BCUT2D eigenvalue weighted by Crippen LogP contribution is 2.23. The van der Waals surface area contributed by atoms with Crippen molar-refractivity contribution in [1.82, 2.24) is 0 Å². The van der Waals surface area contributed by atoms with Crippen LogP contribution < -0.4 is 10.3 Å². The third kappa shape index (κ3) is 6.45. The molecule has 164 valence electrons. The summed E-state index contributed by atoms with van der Waals surface area (Å²) in [5.41, 5.74) is 2.66. The van der Waals surface area contributed by atoms with Crippen LogP contribution in [0.15, 0.2) is 83.3 Å². The van der Waals surface area contributed by atoms with E-state index in [4.69, 9.17) is 21.1 Å². The maximum atomic E-state index is 11.0. The number of benzene rings is 3. The summed E-state index contributed by atoms with van der Waals surface area (Å²) in [5.74, 6) is -0.237. The van der Waals surface area contributed by atoms with E-state index in [1.165, 1.54) is 0 Å². The zero-order valence-electron chi connectivity index (χ0n) is 16.2. The van der Waals surface area contributed by atoms with Crippen molar-refractivity contribution in [3.63, 3.8) is 0 Å². The van der Waals surface area contributed by atoms with E-state index in [-0.39, 0.29) is 5.56 Å². The molecule has 4 rings (SSSR count). The Morgan fingerprint density at radius 3 is 2.12 bits per heavy atom. The summed E-state index contributed by atoms with van der Waals surface area (Å²) in [5, 5.41) is 11.3. The van der Waals surface area contributed by atoms with E-state index >= 15 is 0 Å². The lowest BCUT2D eigenvalue weighted by Gasteiger charge is -2.03. The maximum Gasteiger partial charge on any atom is 0.673 e. The molecule has 0 saturated heterocycles. The number of rotatable bonds is 3. The fraction of sp³-hybridized carbons (Fsp3) is 0. The van der Waals surface area contributed by atoms with Gasteiger partial charge in [-0.15, -0.1) is 0 Å². The van der Waals surface area contributed by atoms with Gasteiger partial charge in [-0.3, -0.25) is 0 Å². The third-order valence-corrected chi connectivity index (χ3v) is 4.43. The van der Waals surface area contributed by atoms with Crippen LogP contribution in [0.2, 0.25) is 5.02 Å². The number of hydrogen-bond donors (Lipinski definition) is 2. The van der Waals surface area contributed by atoms with Gasteiger partial charge in [0.1, 0.15) is 11.3 Å². The summed E-state index contributed by atoms with van der Waals surface area (Å²) in [4.78, 5) is 14.4. The van der Waals surface area contributed by atoms with Gasteiger partial charge in [0.15, 0.2) is 0 Å². The predicted molar refractivity (Wildman–Crippen MR) is 114 cm³/mol. The SMILES string of the molecule is F[B-](F)(F)F.O=C(O)c1ccc([NH+]=c2cc(-c3ccccc3)oc3ccc(Cl)cc23)cc1. The molecule has 0 atom stereocenters. The van der Waals surface area contributed by atoms with Crippen molar-refractivity contribution in [2.45, 2.75) is 0 Å². The number of halogens is 5. The Balaban J connectivity index is 0.000000523. The summed E-state index contributed by atoms with van der Waals surface area (Å²) >= 11 is 6.17. The van der Waals surface area contributed by atoms with Crippen LogP contribution in [0.5, 0.6) is 0 Å². The highest BCUT2D eigenvalue weighted by atomic mass is 35.5. The normalized spacial score (nSPS) is 11.7.